The largest absolute Gasteiger partial charge is 0.449 e. The minimum atomic E-state index is -3.89. The van der Waals surface area contributed by atoms with Crippen LogP contribution in [0.15, 0.2) is 41.8 Å². The third-order valence-corrected chi connectivity index (χ3v) is 4.71. The fourth-order valence-electron chi connectivity index (χ4n) is 1.63. The molecule has 0 radical (unpaired) electrons. The van der Waals surface area contributed by atoms with Gasteiger partial charge in [0.1, 0.15) is 0 Å². The average Bonchev–Trinajstić information content (AvgIpc) is 2.58. The van der Waals surface area contributed by atoms with Gasteiger partial charge >= 0.3 is 5.97 Å². The second kappa shape index (κ2) is 8.57. The fraction of sp³-hybridized carbons (Fsp3) is 0.333. The van der Waals surface area contributed by atoms with Crippen LogP contribution in [0.2, 0.25) is 0 Å². The number of hydroxylamine groups is 1. The molecule has 1 atom stereocenters. The molecule has 0 spiro atoms. The van der Waals surface area contributed by atoms with Gasteiger partial charge in [0.05, 0.1) is 17.6 Å². The first-order valence-corrected chi connectivity index (χ1v) is 8.40. The van der Waals surface area contributed by atoms with Crippen molar-refractivity contribution in [2.24, 2.45) is 0 Å². The third-order valence-electron chi connectivity index (χ3n) is 3.04. The summed E-state index contributed by atoms with van der Waals surface area (Å²) in [6.45, 7) is 5.12. The maximum atomic E-state index is 12.2. The summed E-state index contributed by atoms with van der Waals surface area (Å²) in [5.74, 6) is -1.29. The van der Waals surface area contributed by atoms with Crippen molar-refractivity contribution in [2.45, 2.75) is 17.9 Å². The van der Waals surface area contributed by atoms with Gasteiger partial charge in [-0.3, -0.25) is 9.63 Å². The molecule has 9 heteroatoms. The summed E-state index contributed by atoms with van der Waals surface area (Å²) in [5.41, 5.74) is 0.00366. The Morgan fingerprint density at radius 2 is 2.08 bits per heavy atom. The van der Waals surface area contributed by atoms with E-state index >= 15 is 0 Å². The van der Waals surface area contributed by atoms with Crippen molar-refractivity contribution in [3.05, 3.63) is 42.5 Å². The van der Waals surface area contributed by atoms with E-state index in [2.05, 4.69) is 16.7 Å². The normalized spacial score (nSPS) is 12.5. The summed E-state index contributed by atoms with van der Waals surface area (Å²) in [5, 5.41) is 2.49. The molecular formula is C15H20N2O6S. The Kier molecular flexibility index (Phi) is 7.08. The fourth-order valence-corrected chi connectivity index (χ4v) is 2.65. The first kappa shape index (κ1) is 19.8. The van der Waals surface area contributed by atoms with Crippen molar-refractivity contribution in [1.82, 2.24) is 9.79 Å². The molecule has 24 heavy (non-hydrogen) atoms. The highest BCUT2D eigenvalue weighted by Gasteiger charge is 2.23. The molecule has 8 nitrogen and oxygen atoms in total. The van der Waals surface area contributed by atoms with E-state index in [1.165, 1.54) is 45.4 Å². The molecule has 0 aliphatic heterocycles. The molecule has 0 saturated heterocycles. The number of amides is 1. The SMILES string of the molecule is C=CCNC(=O)[C@H](C)OC(=O)c1cccc(S(=O)(=O)N(C)OC)c1. The van der Waals surface area contributed by atoms with Crippen LogP contribution in [0.25, 0.3) is 0 Å². The maximum Gasteiger partial charge on any atom is 0.338 e. The zero-order chi connectivity index (χ0) is 18.3. The van der Waals surface area contributed by atoms with Gasteiger partial charge in [-0.1, -0.05) is 16.6 Å². The summed E-state index contributed by atoms with van der Waals surface area (Å²) < 4.78 is 30.0. The van der Waals surface area contributed by atoms with E-state index in [9.17, 15) is 18.0 Å². The van der Waals surface area contributed by atoms with Crippen molar-refractivity contribution in [1.29, 1.82) is 0 Å². The van der Waals surface area contributed by atoms with Crippen LogP contribution in [0.5, 0.6) is 0 Å². The molecule has 0 heterocycles. The van der Waals surface area contributed by atoms with E-state index in [1.807, 2.05) is 0 Å². The zero-order valence-electron chi connectivity index (χ0n) is 13.7. The standard InChI is InChI=1S/C15H20N2O6S/c1-5-9-16-14(18)11(2)23-15(19)12-7-6-8-13(10-12)24(20,21)17(3)22-4/h5-8,10-11H,1,9H2,2-4H3,(H,16,18)/t11-/m0/s1. The summed E-state index contributed by atoms with van der Waals surface area (Å²) in [7, 11) is -1.45. The van der Waals surface area contributed by atoms with E-state index in [1.54, 1.807) is 0 Å². The van der Waals surface area contributed by atoms with E-state index in [0.29, 0.717) is 4.47 Å². The average molecular weight is 356 g/mol. The first-order chi connectivity index (χ1) is 11.2. The van der Waals surface area contributed by atoms with Gasteiger partial charge in [0, 0.05) is 13.6 Å². The molecule has 132 valence electrons. The lowest BCUT2D eigenvalue weighted by Gasteiger charge is -2.15. The number of benzene rings is 1. The Morgan fingerprint density at radius 1 is 1.42 bits per heavy atom. The molecule has 1 amide bonds. The van der Waals surface area contributed by atoms with E-state index < -0.39 is 28.0 Å². The monoisotopic (exact) mass is 356 g/mol. The third kappa shape index (κ3) is 4.88. The van der Waals surface area contributed by atoms with Gasteiger partial charge in [0.2, 0.25) is 0 Å². The molecule has 1 N–H and O–H groups in total. The molecule has 0 fully saturated rings. The van der Waals surface area contributed by atoms with Crippen LogP contribution in [0.3, 0.4) is 0 Å². The van der Waals surface area contributed by atoms with Gasteiger partial charge in [-0.25, -0.2) is 13.2 Å². The van der Waals surface area contributed by atoms with Gasteiger partial charge in [0.15, 0.2) is 6.10 Å². The smallest absolute Gasteiger partial charge is 0.338 e. The number of nitrogens with one attached hydrogen (secondary N) is 1. The van der Waals surface area contributed by atoms with E-state index in [-0.39, 0.29) is 17.0 Å². The zero-order valence-corrected chi connectivity index (χ0v) is 14.5. The summed E-state index contributed by atoms with van der Waals surface area (Å²) in [4.78, 5) is 28.3. The Hall–Kier alpha value is -2.23. The number of hydrogen-bond donors (Lipinski definition) is 1. The lowest BCUT2D eigenvalue weighted by atomic mass is 10.2. The lowest BCUT2D eigenvalue weighted by Crippen LogP contribution is -2.35. The number of rotatable bonds is 8. The Labute approximate surface area is 141 Å². The molecule has 1 aromatic rings. The molecule has 0 unspecified atom stereocenters. The van der Waals surface area contributed by atoms with Crippen LogP contribution in [-0.4, -0.2) is 51.6 Å². The van der Waals surface area contributed by atoms with Crippen LogP contribution < -0.4 is 5.32 Å². The van der Waals surface area contributed by atoms with Gasteiger partial charge in [0.25, 0.3) is 15.9 Å². The highest BCUT2D eigenvalue weighted by atomic mass is 32.2. The van der Waals surface area contributed by atoms with Gasteiger partial charge in [-0.2, -0.15) is 0 Å². The summed E-state index contributed by atoms with van der Waals surface area (Å²) in [6.07, 6.45) is 0.465. The number of hydrogen-bond acceptors (Lipinski definition) is 6. The first-order valence-electron chi connectivity index (χ1n) is 6.96. The van der Waals surface area contributed by atoms with Crippen LogP contribution in [0.4, 0.5) is 0 Å². The molecule has 0 saturated carbocycles. The number of nitrogens with zero attached hydrogens (tertiary/aromatic N) is 1. The van der Waals surface area contributed by atoms with Gasteiger partial charge in [-0.05, 0) is 25.1 Å². The topological polar surface area (TPSA) is 102 Å². The van der Waals surface area contributed by atoms with Crippen molar-refractivity contribution in [2.75, 3.05) is 20.7 Å². The van der Waals surface area contributed by atoms with E-state index in [0.717, 1.165) is 6.07 Å². The maximum absolute atomic E-state index is 12.2. The van der Waals surface area contributed by atoms with Gasteiger partial charge < -0.3 is 10.1 Å². The van der Waals surface area contributed by atoms with Crippen LogP contribution in [0, 0.1) is 0 Å². The molecular weight excluding hydrogens is 336 g/mol. The van der Waals surface area contributed by atoms with Crippen molar-refractivity contribution < 1.29 is 27.6 Å². The summed E-state index contributed by atoms with van der Waals surface area (Å²) >= 11 is 0. The molecule has 1 rings (SSSR count). The number of sulfonamides is 1. The molecule has 0 aliphatic carbocycles. The predicted octanol–water partition coefficient (Wildman–Crippen LogP) is 0.716. The molecule has 0 aromatic heterocycles. The Morgan fingerprint density at radius 3 is 2.67 bits per heavy atom. The summed E-state index contributed by atoms with van der Waals surface area (Å²) in [6, 6.07) is 5.27. The number of esters is 1. The quantitative estimate of drug-likeness (QED) is 0.418. The number of ether oxygens (including phenoxy) is 1. The second-order valence-electron chi connectivity index (χ2n) is 4.71. The van der Waals surface area contributed by atoms with Crippen LogP contribution in [0.1, 0.15) is 17.3 Å². The highest BCUT2D eigenvalue weighted by Crippen LogP contribution is 2.17. The number of carbonyl (C=O) groups is 2. The predicted molar refractivity (Wildman–Crippen MR) is 86.5 cm³/mol. The second-order valence-corrected chi connectivity index (χ2v) is 6.64. The van der Waals surface area contributed by atoms with Crippen molar-refractivity contribution in [3.8, 4) is 0 Å². The highest BCUT2D eigenvalue weighted by molar-refractivity contribution is 7.89. The molecule has 0 aliphatic rings. The van der Waals surface area contributed by atoms with Crippen molar-refractivity contribution in [3.63, 3.8) is 0 Å². The Balaban J connectivity index is 2.92. The van der Waals surface area contributed by atoms with Crippen molar-refractivity contribution >= 4 is 21.9 Å². The van der Waals surface area contributed by atoms with Crippen LogP contribution >= 0.6 is 0 Å². The Bertz CT molecular complexity index is 716. The van der Waals surface area contributed by atoms with Crippen LogP contribution in [-0.2, 0) is 24.4 Å². The number of carbonyl (C=O) groups excluding carboxylic acids is 2. The minimum Gasteiger partial charge on any atom is -0.449 e. The van der Waals surface area contributed by atoms with Gasteiger partial charge in [-0.15, -0.1) is 6.58 Å². The molecule has 0 bridgehead atoms. The van der Waals surface area contributed by atoms with E-state index in [4.69, 9.17) is 4.74 Å². The minimum absolute atomic E-state index is 0.00366. The lowest BCUT2D eigenvalue weighted by molar-refractivity contribution is -0.128. The molecule has 1 aromatic carbocycles.